The molecule has 1 fully saturated rings. The zero-order valence-electron chi connectivity index (χ0n) is 13.9. The Balaban J connectivity index is 1.78. The van der Waals surface area contributed by atoms with Gasteiger partial charge in [0.05, 0.1) is 4.47 Å². The molecule has 2 unspecified atom stereocenters. The second-order valence-electron chi connectivity index (χ2n) is 6.69. The van der Waals surface area contributed by atoms with Gasteiger partial charge in [0.2, 0.25) is 5.91 Å². The van der Waals surface area contributed by atoms with E-state index < -0.39 is 0 Å². The van der Waals surface area contributed by atoms with Crippen LogP contribution in [0.15, 0.2) is 22.7 Å². The van der Waals surface area contributed by atoms with Crippen molar-refractivity contribution in [2.45, 2.75) is 45.6 Å². The first-order valence-electron chi connectivity index (χ1n) is 8.39. The summed E-state index contributed by atoms with van der Waals surface area (Å²) in [6.07, 6.45) is 3.61. The van der Waals surface area contributed by atoms with Crippen LogP contribution in [0.4, 0.5) is 4.39 Å². The van der Waals surface area contributed by atoms with Gasteiger partial charge < -0.3 is 10.6 Å². The number of piperidine rings is 1. The zero-order chi connectivity index (χ0) is 16.8. The number of hydrogen-bond acceptors (Lipinski definition) is 2. The van der Waals surface area contributed by atoms with E-state index in [1.807, 2.05) is 6.92 Å². The van der Waals surface area contributed by atoms with Crippen molar-refractivity contribution in [3.8, 4) is 0 Å². The number of carbonyl (C=O) groups is 1. The van der Waals surface area contributed by atoms with E-state index in [4.69, 9.17) is 0 Å². The molecule has 0 aromatic heterocycles. The molecule has 0 bridgehead atoms. The standard InChI is InChI=1S/C18H26BrFN2O/c1-12(15-5-7-21-8-6-15)9-18(23)22-13(2)10-14-3-4-17(20)16(19)11-14/h3-4,11-13,15,21H,5-10H2,1-2H3,(H,22,23). The lowest BCUT2D eigenvalue weighted by Gasteiger charge is -2.28. The van der Waals surface area contributed by atoms with Gasteiger partial charge in [-0.3, -0.25) is 4.79 Å². The number of amides is 1. The predicted molar refractivity (Wildman–Crippen MR) is 94.8 cm³/mol. The molecule has 1 saturated heterocycles. The van der Waals surface area contributed by atoms with Gasteiger partial charge in [-0.05, 0) is 84.7 Å². The van der Waals surface area contributed by atoms with Gasteiger partial charge in [0.15, 0.2) is 0 Å². The number of nitrogens with one attached hydrogen (secondary N) is 2. The smallest absolute Gasteiger partial charge is 0.220 e. The molecule has 1 aromatic carbocycles. The van der Waals surface area contributed by atoms with Gasteiger partial charge >= 0.3 is 0 Å². The highest BCUT2D eigenvalue weighted by molar-refractivity contribution is 9.10. The van der Waals surface area contributed by atoms with Crippen LogP contribution in [-0.2, 0) is 11.2 Å². The average molecular weight is 385 g/mol. The second-order valence-corrected chi connectivity index (χ2v) is 7.54. The van der Waals surface area contributed by atoms with Gasteiger partial charge in [0, 0.05) is 12.5 Å². The summed E-state index contributed by atoms with van der Waals surface area (Å²) >= 11 is 3.20. The fourth-order valence-corrected chi connectivity index (χ4v) is 3.70. The molecule has 1 aliphatic heterocycles. The van der Waals surface area contributed by atoms with Crippen molar-refractivity contribution >= 4 is 21.8 Å². The minimum Gasteiger partial charge on any atom is -0.353 e. The second kappa shape index (κ2) is 8.78. The first-order chi connectivity index (χ1) is 11.0. The molecular weight excluding hydrogens is 359 g/mol. The molecule has 0 spiro atoms. The molecule has 3 nitrogen and oxygen atoms in total. The predicted octanol–water partition coefficient (Wildman–Crippen LogP) is 3.66. The van der Waals surface area contributed by atoms with Gasteiger partial charge in [-0.2, -0.15) is 0 Å². The molecule has 1 amide bonds. The van der Waals surface area contributed by atoms with Gasteiger partial charge in [0.25, 0.3) is 0 Å². The van der Waals surface area contributed by atoms with E-state index in [1.165, 1.54) is 6.07 Å². The minimum absolute atomic E-state index is 0.0417. The fourth-order valence-electron chi connectivity index (χ4n) is 3.28. The van der Waals surface area contributed by atoms with Crippen molar-refractivity contribution in [1.82, 2.24) is 10.6 Å². The summed E-state index contributed by atoms with van der Waals surface area (Å²) in [6.45, 7) is 6.29. The molecule has 1 aliphatic rings. The van der Waals surface area contributed by atoms with Crippen molar-refractivity contribution in [2.75, 3.05) is 13.1 Å². The molecule has 23 heavy (non-hydrogen) atoms. The maximum absolute atomic E-state index is 13.2. The summed E-state index contributed by atoms with van der Waals surface area (Å²) < 4.78 is 13.7. The van der Waals surface area contributed by atoms with E-state index in [1.54, 1.807) is 12.1 Å². The molecule has 2 rings (SSSR count). The van der Waals surface area contributed by atoms with Crippen LogP contribution in [-0.4, -0.2) is 25.0 Å². The van der Waals surface area contributed by atoms with Crippen molar-refractivity contribution in [2.24, 2.45) is 11.8 Å². The highest BCUT2D eigenvalue weighted by Crippen LogP contribution is 2.24. The quantitative estimate of drug-likeness (QED) is 0.785. The number of rotatable bonds is 6. The Hall–Kier alpha value is -0.940. The van der Waals surface area contributed by atoms with E-state index in [9.17, 15) is 9.18 Å². The molecule has 1 aromatic rings. The van der Waals surface area contributed by atoms with Crippen molar-refractivity contribution in [3.05, 3.63) is 34.1 Å². The Morgan fingerprint density at radius 2 is 2.09 bits per heavy atom. The largest absolute Gasteiger partial charge is 0.353 e. The summed E-state index contributed by atoms with van der Waals surface area (Å²) in [4.78, 5) is 12.2. The number of halogens is 2. The van der Waals surface area contributed by atoms with Crippen LogP contribution in [0.1, 0.15) is 38.7 Å². The molecule has 2 atom stereocenters. The van der Waals surface area contributed by atoms with Crippen molar-refractivity contribution < 1.29 is 9.18 Å². The molecule has 5 heteroatoms. The third-order valence-corrected chi connectivity index (χ3v) is 5.24. The maximum atomic E-state index is 13.2. The number of benzene rings is 1. The first kappa shape index (κ1) is 18.4. The van der Waals surface area contributed by atoms with Crippen molar-refractivity contribution in [1.29, 1.82) is 0 Å². The Morgan fingerprint density at radius 3 is 2.74 bits per heavy atom. The summed E-state index contributed by atoms with van der Waals surface area (Å²) in [5.74, 6) is 0.917. The summed E-state index contributed by atoms with van der Waals surface area (Å²) in [5, 5.41) is 6.43. The van der Waals surface area contributed by atoms with Gasteiger partial charge in [-0.15, -0.1) is 0 Å². The van der Waals surface area contributed by atoms with E-state index in [0.29, 0.717) is 29.2 Å². The van der Waals surface area contributed by atoms with E-state index in [0.717, 1.165) is 31.5 Å². The van der Waals surface area contributed by atoms with E-state index in [2.05, 4.69) is 33.5 Å². The fraction of sp³-hybridized carbons (Fsp3) is 0.611. The van der Waals surface area contributed by atoms with Crippen LogP contribution in [0.25, 0.3) is 0 Å². The molecular formula is C18H26BrFN2O. The molecule has 128 valence electrons. The van der Waals surface area contributed by atoms with Crippen LogP contribution >= 0.6 is 15.9 Å². The van der Waals surface area contributed by atoms with Crippen LogP contribution in [0, 0.1) is 17.7 Å². The Morgan fingerprint density at radius 1 is 1.39 bits per heavy atom. The summed E-state index contributed by atoms with van der Waals surface area (Å²) in [6, 6.07) is 5.03. The van der Waals surface area contributed by atoms with Gasteiger partial charge in [0.1, 0.15) is 5.82 Å². The first-order valence-corrected chi connectivity index (χ1v) is 9.19. The Kier molecular flexibility index (Phi) is 7.03. The third kappa shape index (κ3) is 5.88. The third-order valence-electron chi connectivity index (χ3n) is 4.63. The lowest BCUT2D eigenvalue weighted by Crippen LogP contribution is -2.37. The highest BCUT2D eigenvalue weighted by atomic mass is 79.9. The van der Waals surface area contributed by atoms with Crippen LogP contribution < -0.4 is 10.6 Å². The SMILES string of the molecule is CC(Cc1ccc(F)c(Br)c1)NC(=O)CC(C)C1CCNCC1. The van der Waals surface area contributed by atoms with Crippen LogP contribution in [0.3, 0.4) is 0 Å². The molecule has 0 radical (unpaired) electrons. The number of hydrogen-bond donors (Lipinski definition) is 2. The molecule has 0 saturated carbocycles. The van der Waals surface area contributed by atoms with Crippen LogP contribution in [0.5, 0.6) is 0 Å². The average Bonchev–Trinajstić information content (AvgIpc) is 2.51. The van der Waals surface area contributed by atoms with E-state index in [-0.39, 0.29) is 17.8 Å². The minimum atomic E-state index is -0.263. The maximum Gasteiger partial charge on any atom is 0.220 e. The Bertz CT molecular complexity index is 532. The molecule has 1 heterocycles. The Labute approximate surface area is 146 Å². The number of carbonyl (C=O) groups excluding carboxylic acids is 1. The lowest BCUT2D eigenvalue weighted by atomic mass is 9.84. The monoisotopic (exact) mass is 384 g/mol. The van der Waals surface area contributed by atoms with Gasteiger partial charge in [-0.1, -0.05) is 13.0 Å². The summed E-state index contributed by atoms with van der Waals surface area (Å²) in [7, 11) is 0. The normalized spacial score (nSPS) is 18.4. The molecule has 0 aliphatic carbocycles. The van der Waals surface area contributed by atoms with Gasteiger partial charge in [-0.25, -0.2) is 4.39 Å². The topological polar surface area (TPSA) is 41.1 Å². The highest BCUT2D eigenvalue weighted by Gasteiger charge is 2.22. The molecule has 2 N–H and O–H groups in total. The lowest BCUT2D eigenvalue weighted by molar-refractivity contribution is -0.122. The van der Waals surface area contributed by atoms with Crippen molar-refractivity contribution in [3.63, 3.8) is 0 Å². The van der Waals surface area contributed by atoms with Crippen LogP contribution in [0.2, 0.25) is 0 Å². The zero-order valence-corrected chi connectivity index (χ0v) is 15.5. The van der Waals surface area contributed by atoms with E-state index >= 15 is 0 Å². The summed E-state index contributed by atoms with van der Waals surface area (Å²) in [5.41, 5.74) is 1.01.